The van der Waals surface area contributed by atoms with Crippen molar-refractivity contribution in [3.63, 3.8) is 0 Å². The molecule has 164 valence electrons. The van der Waals surface area contributed by atoms with Gasteiger partial charge >= 0.3 is 0 Å². The van der Waals surface area contributed by atoms with Gasteiger partial charge in [0.1, 0.15) is 18.1 Å². The number of hydrogen-bond donors (Lipinski definition) is 3. The molecule has 0 radical (unpaired) electrons. The number of para-hydroxylation sites is 1. The number of fused-ring (bicyclic) bond motifs is 1. The molecule has 31 heavy (non-hydrogen) atoms. The second kappa shape index (κ2) is 9.40. The normalized spacial score (nSPS) is 13.8. The predicted octanol–water partition coefficient (Wildman–Crippen LogP) is 2.54. The van der Waals surface area contributed by atoms with Crippen molar-refractivity contribution in [2.75, 3.05) is 0 Å². The van der Waals surface area contributed by atoms with E-state index in [1.54, 1.807) is 20.0 Å². The average molecular weight is 446 g/mol. The summed E-state index contributed by atoms with van der Waals surface area (Å²) in [5.74, 6) is -1.57. The van der Waals surface area contributed by atoms with Crippen molar-refractivity contribution in [3.8, 4) is 0 Å². The third-order valence-corrected chi connectivity index (χ3v) is 6.42. The lowest BCUT2D eigenvalue weighted by atomic mass is 10.0. The number of aromatic nitrogens is 1. The summed E-state index contributed by atoms with van der Waals surface area (Å²) < 4.78 is 40.7. The number of aldehydes is 1. The van der Waals surface area contributed by atoms with Gasteiger partial charge in [-0.3, -0.25) is 4.79 Å². The molecule has 0 bridgehead atoms. The van der Waals surface area contributed by atoms with Crippen molar-refractivity contribution in [1.82, 2.24) is 15.0 Å². The molecular formula is C22H24FN3O4S. The van der Waals surface area contributed by atoms with Gasteiger partial charge in [-0.2, -0.15) is 4.72 Å². The fraction of sp³-hybridized carbons (Fsp3) is 0.273. The number of benzene rings is 2. The van der Waals surface area contributed by atoms with E-state index in [1.807, 2.05) is 24.3 Å². The van der Waals surface area contributed by atoms with Gasteiger partial charge < -0.3 is 15.1 Å². The maximum atomic E-state index is 13.1. The van der Waals surface area contributed by atoms with Gasteiger partial charge in [0.25, 0.3) is 0 Å². The first-order valence-corrected chi connectivity index (χ1v) is 11.3. The number of aromatic amines is 1. The van der Waals surface area contributed by atoms with Crippen molar-refractivity contribution in [1.29, 1.82) is 0 Å². The number of amides is 1. The van der Waals surface area contributed by atoms with Gasteiger partial charge in [0, 0.05) is 23.5 Å². The number of carbonyl (C=O) groups is 2. The SMILES string of the molecule is CC(C)[C@H](NS(=O)(=O)c1ccc(F)cc1)C(=O)N[C@@H](C=O)Cc1c[nH]c2ccccc12. The van der Waals surface area contributed by atoms with Crippen LogP contribution in [0, 0.1) is 11.7 Å². The monoisotopic (exact) mass is 445 g/mol. The molecule has 3 rings (SSSR count). The molecule has 0 fully saturated rings. The summed E-state index contributed by atoms with van der Waals surface area (Å²) in [5.41, 5.74) is 1.78. The summed E-state index contributed by atoms with van der Waals surface area (Å²) in [6.07, 6.45) is 2.67. The Balaban J connectivity index is 1.74. The lowest BCUT2D eigenvalue weighted by Crippen LogP contribution is -2.52. The molecule has 0 saturated heterocycles. The van der Waals surface area contributed by atoms with Crippen molar-refractivity contribution in [2.24, 2.45) is 5.92 Å². The molecule has 1 amide bonds. The van der Waals surface area contributed by atoms with E-state index in [0.29, 0.717) is 6.29 Å². The Morgan fingerprint density at radius 3 is 2.45 bits per heavy atom. The molecule has 1 aromatic heterocycles. The van der Waals surface area contributed by atoms with Crippen LogP contribution in [0.25, 0.3) is 10.9 Å². The minimum absolute atomic E-state index is 0.155. The topological polar surface area (TPSA) is 108 Å². The highest BCUT2D eigenvalue weighted by Gasteiger charge is 2.30. The molecular weight excluding hydrogens is 421 g/mol. The smallest absolute Gasteiger partial charge is 0.241 e. The summed E-state index contributed by atoms with van der Waals surface area (Å²) in [5, 5.41) is 3.57. The van der Waals surface area contributed by atoms with Gasteiger partial charge in [-0.1, -0.05) is 32.0 Å². The van der Waals surface area contributed by atoms with Gasteiger partial charge in [0.2, 0.25) is 15.9 Å². The zero-order chi connectivity index (χ0) is 22.6. The minimum Gasteiger partial charge on any atom is -0.361 e. The third-order valence-electron chi connectivity index (χ3n) is 4.96. The molecule has 3 aromatic rings. The van der Waals surface area contributed by atoms with E-state index >= 15 is 0 Å². The molecule has 3 N–H and O–H groups in total. The number of carbonyl (C=O) groups excluding carboxylic acids is 2. The number of rotatable bonds is 9. The van der Waals surface area contributed by atoms with Gasteiger partial charge in [-0.15, -0.1) is 0 Å². The lowest BCUT2D eigenvalue weighted by molar-refractivity contribution is -0.126. The molecule has 0 aliphatic rings. The molecule has 0 aliphatic heterocycles. The number of sulfonamides is 1. The summed E-state index contributed by atoms with van der Waals surface area (Å²) in [6, 6.07) is 9.96. The zero-order valence-electron chi connectivity index (χ0n) is 17.1. The molecule has 2 aromatic carbocycles. The molecule has 9 heteroatoms. The molecule has 7 nitrogen and oxygen atoms in total. The van der Waals surface area contributed by atoms with Crippen LogP contribution in [0.2, 0.25) is 0 Å². The van der Waals surface area contributed by atoms with Gasteiger partial charge in [-0.25, -0.2) is 12.8 Å². The maximum absolute atomic E-state index is 13.1. The van der Waals surface area contributed by atoms with Crippen LogP contribution in [0.5, 0.6) is 0 Å². The van der Waals surface area contributed by atoms with Gasteiger partial charge in [0.15, 0.2) is 0 Å². The Morgan fingerprint density at radius 2 is 1.81 bits per heavy atom. The molecule has 0 spiro atoms. The van der Waals surface area contributed by atoms with Gasteiger partial charge in [0.05, 0.1) is 10.9 Å². The molecule has 1 heterocycles. The van der Waals surface area contributed by atoms with Crippen molar-refractivity contribution >= 4 is 33.1 Å². The van der Waals surface area contributed by atoms with Crippen LogP contribution in [0.1, 0.15) is 19.4 Å². The van der Waals surface area contributed by atoms with Crippen LogP contribution in [-0.2, 0) is 26.0 Å². The minimum atomic E-state index is -4.06. The number of nitrogens with one attached hydrogen (secondary N) is 3. The van der Waals surface area contributed by atoms with E-state index in [-0.39, 0.29) is 11.3 Å². The molecule has 0 saturated carbocycles. The average Bonchev–Trinajstić information content (AvgIpc) is 3.14. The number of H-pyrrole nitrogens is 1. The second-order valence-electron chi connectivity index (χ2n) is 7.61. The Hall–Kier alpha value is -3.04. The van der Waals surface area contributed by atoms with Crippen LogP contribution < -0.4 is 10.0 Å². The Bertz CT molecular complexity index is 1170. The van der Waals surface area contributed by atoms with E-state index < -0.39 is 39.7 Å². The molecule has 2 atom stereocenters. The highest BCUT2D eigenvalue weighted by Crippen LogP contribution is 2.19. The summed E-state index contributed by atoms with van der Waals surface area (Å²) in [7, 11) is -4.06. The first kappa shape index (κ1) is 22.6. The fourth-order valence-corrected chi connectivity index (χ4v) is 4.63. The molecule has 0 unspecified atom stereocenters. The van der Waals surface area contributed by atoms with E-state index in [2.05, 4.69) is 15.0 Å². The van der Waals surface area contributed by atoms with Crippen LogP contribution >= 0.6 is 0 Å². The number of hydrogen-bond acceptors (Lipinski definition) is 4. The van der Waals surface area contributed by atoms with Gasteiger partial charge in [-0.05, 0) is 41.8 Å². The number of halogens is 1. The van der Waals surface area contributed by atoms with Crippen LogP contribution in [0.4, 0.5) is 4.39 Å². The fourth-order valence-electron chi connectivity index (χ4n) is 3.28. The van der Waals surface area contributed by atoms with E-state index in [1.165, 1.54) is 0 Å². The summed E-state index contributed by atoms with van der Waals surface area (Å²) in [6.45, 7) is 3.38. The predicted molar refractivity (Wildman–Crippen MR) is 115 cm³/mol. The third kappa shape index (κ3) is 5.36. The largest absolute Gasteiger partial charge is 0.361 e. The van der Waals surface area contributed by atoms with Crippen molar-refractivity contribution in [3.05, 3.63) is 66.1 Å². The van der Waals surface area contributed by atoms with E-state index in [4.69, 9.17) is 0 Å². The van der Waals surface area contributed by atoms with Crippen LogP contribution in [0.15, 0.2) is 59.6 Å². The highest BCUT2D eigenvalue weighted by atomic mass is 32.2. The zero-order valence-corrected chi connectivity index (χ0v) is 17.9. The Kier molecular flexibility index (Phi) is 6.87. The van der Waals surface area contributed by atoms with Crippen LogP contribution in [0.3, 0.4) is 0 Å². The molecule has 0 aliphatic carbocycles. The summed E-state index contributed by atoms with van der Waals surface area (Å²) >= 11 is 0. The van der Waals surface area contributed by atoms with Crippen molar-refractivity contribution in [2.45, 2.75) is 37.2 Å². The highest BCUT2D eigenvalue weighted by molar-refractivity contribution is 7.89. The van der Waals surface area contributed by atoms with E-state index in [9.17, 15) is 22.4 Å². The van der Waals surface area contributed by atoms with E-state index in [0.717, 1.165) is 40.7 Å². The Morgan fingerprint density at radius 1 is 1.13 bits per heavy atom. The Labute approximate surface area is 180 Å². The van der Waals surface area contributed by atoms with Crippen molar-refractivity contribution < 1.29 is 22.4 Å². The first-order valence-electron chi connectivity index (χ1n) is 9.80. The van der Waals surface area contributed by atoms with Crippen LogP contribution in [-0.4, -0.2) is 37.7 Å². The lowest BCUT2D eigenvalue weighted by Gasteiger charge is -2.23. The first-order chi connectivity index (χ1) is 14.7. The summed E-state index contributed by atoms with van der Waals surface area (Å²) in [4.78, 5) is 27.4. The second-order valence-corrected chi connectivity index (χ2v) is 9.33. The standard InChI is InChI=1S/C22H24FN3O4S/c1-14(2)21(26-31(29,30)18-9-7-16(23)8-10-18)22(28)25-17(13-27)11-15-12-24-20-6-4-3-5-19(15)20/h3-10,12-14,17,21,24,26H,11H2,1-2H3,(H,25,28)/t17-,21+/m1/s1. The maximum Gasteiger partial charge on any atom is 0.241 e. The quantitative estimate of drug-likeness (QED) is 0.440.